The van der Waals surface area contributed by atoms with E-state index >= 15 is 0 Å². The van der Waals surface area contributed by atoms with Gasteiger partial charge in [-0.3, -0.25) is 4.79 Å². The van der Waals surface area contributed by atoms with E-state index in [0.717, 1.165) is 11.3 Å². The topological polar surface area (TPSA) is 59.3 Å². The lowest BCUT2D eigenvalue weighted by atomic mass is 10.1. The quantitative estimate of drug-likeness (QED) is 0.784. The molecular weight excluding hydrogens is 266 g/mol. The molecule has 1 aromatic heterocycles. The Labute approximate surface area is 120 Å². The summed E-state index contributed by atoms with van der Waals surface area (Å²) >= 11 is 0. The van der Waals surface area contributed by atoms with E-state index in [1.54, 1.807) is 12.1 Å². The molecule has 1 N–H and O–H groups in total. The predicted octanol–water partition coefficient (Wildman–Crippen LogP) is 2.90. The Morgan fingerprint density at radius 1 is 1.05 bits per heavy atom. The molecule has 0 fully saturated rings. The second-order valence-corrected chi connectivity index (χ2v) is 4.86. The van der Waals surface area contributed by atoms with Gasteiger partial charge in [-0.15, -0.1) is 0 Å². The third-order valence-corrected chi connectivity index (χ3v) is 3.57. The van der Waals surface area contributed by atoms with Crippen LogP contribution in [0.1, 0.15) is 10.4 Å². The van der Waals surface area contributed by atoms with Crippen molar-refractivity contribution in [2.45, 2.75) is 0 Å². The Morgan fingerprint density at radius 3 is 2.43 bits per heavy atom. The van der Waals surface area contributed by atoms with E-state index in [0.29, 0.717) is 10.9 Å². The van der Waals surface area contributed by atoms with E-state index in [1.807, 2.05) is 41.9 Å². The molecule has 0 amide bonds. The summed E-state index contributed by atoms with van der Waals surface area (Å²) in [6.07, 6.45) is 0. The van der Waals surface area contributed by atoms with Crippen LogP contribution in [0.3, 0.4) is 0 Å². The molecule has 2 aromatic carbocycles. The predicted molar refractivity (Wildman–Crippen MR) is 81.6 cm³/mol. The van der Waals surface area contributed by atoms with Crippen molar-refractivity contribution in [3.63, 3.8) is 0 Å². The van der Waals surface area contributed by atoms with Crippen molar-refractivity contribution in [1.82, 2.24) is 4.57 Å². The number of rotatable bonds is 2. The molecule has 0 spiro atoms. The van der Waals surface area contributed by atoms with Crippen molar-refractivity contribution in [3.05, 3.63) is 70.4 Å². The smallest absolute Gasteiger partial charge is 0.335 e. The monoisotopic (exact) mass is 279 g/mol. The van der Waals surface area contributed by atoms with Crippen LogP contribution in [0.2, 0.25) is 0 Å². The highest BCUT2D eigenvalue weighted by atomic mass is 16.4. The normalized spacial score (nSPS) is 10.7. The fourth-order valence-corrected chi connectivity index (χ4v) is 2.47. The first-order valence-electron chi connectivity index (χ1n) is 6.50. The van der Waals surface area contributed by atoms with Crippen LogP contribution in [-0.2, 0) is 7.05 Å². The van der Waals surface area contributed by atoms with Crippen LogP contribution in [0.25, 0.3) is 22.2 Å². The average Bonchev–Trinajstić information content (AvgIpc) is 2.51. The number of fused-ring (bicyclic) bond motifs is 1. The van der Waals surface area contributed by atoms with Crippen LogP contribution in [0.15, 0.2) is 59.4 Å². The summed E-state index contributed by atoms with van der Waals surface area (Å²) in [7, 11) is 1.87. The number of aromatic carboxylic acids is 1. The Balaban J connectivity index is 2.33. The van der Waals surface area contributed by atoms with Crippen molar-refractivity contribution >= 4 is 16.9 Å². The zero-order valence-electron chi connectivity index (χ0n) is 11.4. The Bertz CT molecular complexity index is 895. The molecule has 3 aromatic rings. The van der Waals surface area contributed by atoms with Crippen LogP contribution in [0.4, 0.5) is 0 Å². The summed E-state index contributed by atoms with van der Waals surface area (Å²) in [4.78, 5) is 23.3. The first-order chi connectivity index (χ1) is 10.1. The molecule has 104 valence electrons. The maximum absolute atomic E-state index is 12.3. The number of hydrogen-bond acceptors (Lipinski definition) is 2. The molecule has 0 unspecified atom stereocenters. The van der Waals surface area contributed by atoms with Crippen LogP contribution in [-0.4, -0.2) is 15.6 Å². The lowest BCUT2D eigenvalue weighted by Crippen LogP contribution is -2.10. The molecular formula is C17H13NO3. The maximum atomic E-state index is 12.3. The molecule has 0 atom stereocenters. The molecule has 0 bridgehead atoms. The first-order valence-corrected chi connectivity index (χ1v) is 6.50. The number of aromatic nitrogens is 1. The van der Waals surface area contributed by atoms with Gasteiger partial charge in [0.25, 0.3) is 0 Å². The van der Waals surface area contributed by atoms with Crippen molar-refractivity contribution < 1.29 is 9.90 Å². The third-order valence-electron chi connectivity index (χ3n) is 3.57. The Hall–Kier alpha value is -2.88. The molecule has 0 aliphatic heterocycles. The van der Waals surface area contributed by atoms with Gasteiger partial charge < -0.3 is 9.67 Å². The lowest BCUT2D eigenvalue weighted by Gasteiger charge is -2.12. The zero-order valence-corrected chi connectivity index (χ0v) is 11.4. The van der Waals surface area contributed by atoms with Gasteiger partial charge in [-0.25, -0.2) is 4.79 Å². The highest BCUT2D eigenvalue weighted by molar-refractivity contribution is 5.94. The van der Waals surface area contributed by atoms with Crippen molar-refractivity contribution in [3.8, 4) is 11.3 Å². The number of carboxylic acids is 1. The molecule has 0 saturated carbocycles. The molecule has 1 heterocycles. The van der Waals surface area contributed by atoms with Gasteiger partial charge in [0.05, 0.1) is 16.8 Å². The van der Waals surface area contributed by atoms with Crippen molar-refractivity contribution in [2.75, 3.05) is 0 Å². The number of carbonyl (C=O) groups is 1. The molecule has 0 radical (unpaired) electrons. The van der Waals surface area contributed by atoms with E-state index in [4.69, 9.17) is 5.11 Å². The minimum absolute atomic E-state index is 0.118. The van der Waals surface area contributed by atoms with Gasteiger partial charge in [-0.05, 0) is 23.8 Å². The van der Waals surface area contributed by atoms with Crippen LogP contribution in [0, 0.1) is 0 Å². The summed E-state index contributed by atoms with van der Waals surface area (Å²) < 4.78 is 1.90. The summed E-state index contributed by atoms with van der Waals surface area (Å²) in [5.74, 6) is -1.04. The summed E-state index contributed by atoms with van der Waals surface area (Å²) in [5, 5.41) is 9.44. The molecule has 21 heavy (non-hydrogen) atoms. The van der Waals surface area contributed by atoms with Gasteiger partial charge in [0.2, 0.25) is 0 Å². The van der Waals surface area contributed by atoms with E-state index in [2.05, 4.69) is 0 Å². The van der Waals surface area contributed by atoms with Crippen molar-refractivity contribution in [1.29, 1.82) is 0 Å². The number of pyridine rings is 1. The highest BCUT2D eigenvalue weighted by Gasteiger charge is 2.11. The van der Waals surface area contributed by atoms with Gasteiger partial charge in [-0.1, -0.05) is 30.3 Å². The first kappa shape index (κ1) is 13.1. The molecule has 4 heteroatoms. The Morgan fingerprint density at radius 2 is 1.76 bits per heavy atom. The summed E-state index contributed by atoms with van der Waals surface area (Å²) in [6, 6.07) is 15.8. The number of hydrogen-bond donors (Lipinski definition) is 1. The largest absolute Gasteiger partial charge is 0.478 e. The van der Waals surface area contributed by atoms with Gasteiger partial charge in [-0.2, -0.15) is 0 Å². The van der Waals surface area contributed by atoms with Gasteiger partial charge in [0.1, 0.15) is 0 Å². The third kappa shape index (κ3) is 2.21. The van der Waals surface area contributed by atoms with E-state index in [-0.39, 0.29) is 11.0 Å². The van der Waals surface area contributed by atoms with E-state index in [9.17, 15) is 9.59 Å². The van der Waals surface area contributed by atoms with Gasteiger partial charge in [0, 0.05) is 18.5 Å². The van der Waals surface area contributed by atoms with Crippen LogP contribution in [0.5, 0.6) is 0 Å². The zero-order chi connectivity index (χ0) is 15.0. The molecule has 0 aliphatic rings. The fraction of sp³-hybridized carbons (Fsp3) is 0.0588. The van der Waals surface area contributed by atoms with Crippen molar-refractivity contribution in [2.24, 2.45) is 7.05 Å². The average molecular weight is 279 g/mol. The minimum atomic E-state index is -1.04. The SMILES string of the molecule is Cn1c(-c2ccccc2)cc(=O)c2cc(C(=O)O)ccc21. The highest BCUT2D eigenvalue weighted by Crippen LogP contribution is 2.22. The molecule has 4 nitrogen and oxygen atoms in total. The maximum Gasteiger partial charge on any atom is 0.335 e. The van der Waals surface area contributed by atoms with Gasteiger partial charge >= 0.3 is 5.97 Å². The lowest BCUT2D eigenvalue weighted by molar-refractivity contribution is 0.0697. The van der Waals surface area contributed by atoms with Crippen LogP contribution >= 0.6 is 0 Å². The number of nitrogens with zero attached hydrogens (tertiary/aromatic N) is 1. The summed E-state index contributed by atoms with van der Waals surface area (Å²) in [6.45, 7) is 0. The second-order valence-electron chi connectivity index (χ2n) is 4.86. The number of benzene rings is 2. The van der Waals surface area contributed by atoms with E-state index < -0.39 is 5.97 Å². The fourth-order valence-electron chi connectivity index (χ4n) is 2.47. The molecule has 0 saturated heterocycles. The van der Waals surface area contributed by atoms with Gasteiger partial charge in [0.15, 0.2) is 5.43 Å². The second kappa shape index (κ2) is 4.90. The standard InChI is InChI=1S/C17H13NO3/c1-18-14-8-7-12(17(20)21)9-13(14)16(19)10-15(18)11-5-3-2-4-6-11/h2-10H,1H3,(H,20,21). The van der Waals surface area contributed by atoms with E-state index in [1.165, 1.54) is 12.1 Å². The molecule has 3 rings (SSSR count). The number of carboxylic acid groups (broad SMARTS) is 1. The Kier molecular flexibility index (Phi) is 3.06. The number of aryl methyl sites for hydroxylation is 1. The molecule has 0 aliphatic carbocycles. The van der Waals surface area contributed by atoms with Crippen LogP contribution < -0.4 is 5.43 Å². The minimum Gasteiger partial charge on any atom is -0.478 e. The summed E-state index contributed by atoms with van der Waals surface area (Å²) in [5.41, 5.74) is 2.40.